The summed E-state index contributed by atoms with van der Waals surface area (Å²) < 4.78 is 0. The first-order valence-electron chi connectivity index (χ1n) is 9.61. The fourth-order valence-electron chi connectivity index (χ4n) is 2.26. The average Bonchev–Trinajstić information content (AvgIpc) is 2.70. The number of rotatable bonds is 14. The number of aliphatic hydroxyl groups is 2. The molecule has 0 spiro atoms. The van der Waals surface area contributed by atoms with E-state index in [0.29, 0.717) is 0 Å². The smallest absolute Gasteiger partial charge is 0.326 e. The minimum Gasteiger partial charge on any atom is -0.480 e. The first kappa shape index (κ1) is 28.0. The molecule has 14 nitrogen and oxygen atoms in total. The van der Waals surface area contributed by atoms with Crippen LogP contribution < -0.4 is 33.2 Å². The number of nitrogens with one attached hydrogen (secondary N) is 3. The van der Waals surface area contributed by atoms with Crippen LogP contribution in [0.4, 0.5) is 0 Å². The van der Waals surface area contributed by atoms with Crippen molar-refractivity contribution in [3.63, 3.8) is 0 Å². The predicted molar refractivity (Wildman–Crippen MR) is 110 cm³/mol. The van der Waals surface area contributed by atoms with Gasteiger partial charge >= 0.3 is 5.97 Å². The highest BCUT2D eigenvalue weighted by atomic mass is 16.4. The average molecular weight is 447 g/mol. The van der Waals surface area contributed by atoms with Crippen LogP contribution in [0.5, 0.6) is 0 Å². The first-order chi connectivity index (χ1) is 14.4. The molecular weight excluding hydrogens is 414 g/mol. The van der Waals surface area contributed by atoms with Crippen LogP contribution in [0.2, 0.25) is 0 Å². The maximum absolute atomic E-state index is 12.3. The highest BCUT2D eigenvalue weighted by molar-refractivity contribution is 5.94. The number of carboxylic acids is 1. The Hall–Kier alpha value is -2.97. The molecule has 0 aromatic rings. The van der Waals surface area contributed by atoms with E-state index < -0.39 is 61.1 Å². The topological polar surface area (TPSA) is 255 Å². The summed E-state index contributed by atoms with van der Waals surface area (Å²) in [7, 11) is 0. The van der Waals surface area contributed by atoms with Crippen LogP contribution in [-0.4, -0.2) is 88.9 Å². The summed E-state index contributed by atoms with van der Waals surface area (Å²) in [5.41, 5.74) is 16.0. The quantitative estimate of drug-likeness (QED) is 0.0700. The number of nitrogens with zero attached hydrogens (tertiary/aromatic N) is 1. The van der Waals surface area contributed by atoms with Gasteiger partial charge in [0, 0.05) is 6.54 Å². The van der Waals surface area contributed by atoms with Crippen molar-refractivity contribution in [2.24, 2.45) is 28.1 Å². The largest absolute Gasteiger partial charge is 0.480 e. The summed E-state index contributed by atoms with van der Waals surface area (Å²) in [4.78, 5) is 51.6. The summed E-state index contributed by atoms with van der Waals surface area (Å²) in [6, 6.07) is -5.18. The molecule has 31 heavy (non-hydrogen) atoms. The van der Waals surface area contributed by atoms with Crippen molar-refractivity contribution in [3.8, 4) is 0 Å². The van der Waals surface area contributed by atoms with E-state index in [2.05, 4.69) is 20.9 Å². The Morgan fingerprint density at radius 3 is 1.71 bits per heavy atom. The number of amides is 3. The van der Waals surface area contributed by atoms with Gasteiger partial charge in [0.25, 0.3) is 0 Å². The molecule has 0 aliphatic heterocycles. The molecule has 0 aromatic heterocycles. The lowest BCUT2D eigenvalue weighted by Crippen LogP contribution is -2.59. The van der Waals surface area contributed by atoms with Crippen LogP contribution >= 0.6 is 0 Å². The van der Waals surface area contributed by atoms with Crippen LogP contribution in [0.3, 0.4) is 0 Å². The number of aliphatic carboxylic acids is 1. The Labute approximate surface area is 179 Å². The SMILES string of the molecule is CC(C)C(N)C(=O)NC(CO)C(=O)NC(CO)C(=O)NC(CCCN=C(N)N)C(=O)O. The molecule has 0 fully saturated rings. The van der Waals surface area contributed by atoms with Gasteiger partial charge in [-0.3, -0.25) is 19.4 Å². The molecule has 4 atom stereocenters. The molecule has 12 N–H and O–H groups in total. The van der Waals surface area contributed by atoms with Gasteiger partial charge in [-0.25, -0.2) is 4.79 Å². The summed E-state index contributed by atoms with van der Waals surface area (Å²) in [6.07, 6.45) is 0.242. The Morgan fingerprint density at radius 1 is 0.871 bits per heavy atom. The number of carbonyl (C=O) groups excluding carboxylic acids is 3. The van der Waals surface area contributed by atoms with Crippen LogP contribution in [0.25, 0.3) is 0 Å². The molecule has 0 bridgehead atoms. The molecule has 0 heterocycles. The molecule has 0 aliphatic carbocycles. The van der Waals surface area contributed by atoms with Gasteiger partial charge in [0.15, 0.2) is 5.96 Å². The van der Waals surface area contributed by atoms with Gasteiger partial charge in [-0.15, -0.1) is 0 Å². The zero-order valence-electron chi connectivity index (χ0n) is 17.6. The molecule has 0 saturated carbocycles. The normalized spacial score (nSPS) is 14.6. The molecule has 14 heteroatoms. The molecule has 0 aromatic carbocycles. The maximum Gasteiger partial charge on any atom is 0.326 e. The van der Waals surface area contributed by atoms with E-state index in [0.717, 1.165) is 0 Å². The van der Waals surface area contributed by atoms with E-state index in [1.54, 1.807) is 13.8 Å². The van der Waals surface area contributed by atoms with E-state index in [-0.39, 0.29) is 31.3 Å². The number of guanidine groups is 1. The highest BCUT2D eigenvalue weighted by Gasteiger charge is 2.30. The van der Waals surface area contributed by atoms with E-state index in [1.807, 2.05) is 0 Å². The van der Waals surface area contributed by atoms with Crippen LogP contribution in [0, 0.1) is 5.92 Å². The van der Waals surface area contributed by atoms with Crippen molar-refractivity contribution < 1.29 is 34.5 Å². The Morgan fingerprint density at radius 2 is 1.32 bits per heavy atom. The minimum atomic E-state index is -1.52. The summed E-state index contributed by atoms with van der Waals surface area (Å²) in [5, 5.41) is 34.7. The Balaban J connectivity index is 4.97. The van der Waals surface area contributed by atoms with Gasteiger partial charge in [0.1, 0.15) is 18.1 Å². The van der Waals surface area contributed by atoms with Crippen molar-refractivity contribution in [1.29, 1.82) is 0 Å². The fraction of sp³-hybridized carbons (Fsp3) is 0.706. The third-order valence-electron chi connectivity index (χ3n) is 4.21. The second-order valence-electron chi connectivity index (χ2n) is 7.11. The molecular formula is C17H33N7O7. The van der Waals surface area contributed by atoms with E-state index in [9.17, 15) is 34.5 Å². The van der Waals surface area contributed by atoms with Crippen molar-refractivity contribution in [2.45, 2.75) is 50.9 Å². The van der Waals surface area contributed by atoms with Gasteiger partial charge < -0.3 is 48.5 Å². The van der Waals surface area contributed by atoms with Gasteiger partial charge in [-0.2, -0.15) is 0 Å². The summed E-state index contributed by atoms with van der Waals surface area (Å²) in [5.74, 6) is -4.31. The monoisotopic (exact) mass is 447 g/mol. The van der Waals surface area contributed by atoms with Crippen molar-refractivity contribution in [3.05, 3.63) is 0 Å². The number of hydrogen-bond acceptors (Lipinski definition) is 8. The molecule has 3 amide bonds. The van der Waals surface area contributed by atoms with Gasteiger partial charge in [0.05, 0.1) is 19.3 Å². The standard InChI is InChI=1S/C17H33N7O7/c1-8(2)12(18)15(29)24-11(7-26)14(28)23-10(6-25)13(27)22-9(16(30)31)4-3-5-21-17(19)20/h8-12,25-26H,3-7,18H2,1-2H3,(H,22,27)(H,23,28)(H,24,29)(H,30,31)(H4,19,20,21). The minimum absolute atomic E-state index is 0.00758. The second kappa shape index (κ2) is 14.1. The molecule has 0 rings (SSSR count). The fourth-order valence-corrected chi connectivity index (χ4v) is 2.26. The van der Waals surface area contributed by atoms with Gasteiger partial charge in [0.2, 0.25) is 17.7 Å². The molecule has 0 aliphatic rings. The predicted octanol–water partition coefficient (Wildman–Crippen LogP) is -4.45. The second-order valence-corrected chi connectivity index (χ2v) is 7.11. The summed E-state index contributed by atoms with van der Waals surface area (Å²) >= 11 is 0. The van der Waals surface area contributed by atoms with Crippen molar-refractivity contribution >= 4 is 29.7 Å². The molecule has 0 saturated heterocycles. The lowest BCUT2D eigenvalue weighted by atomic mass is 10.0. The van der Waals surface area contributed by atoms with Crippen LogP contribution in [-0.2, 0) is 19.2 Å². The lowest BCUT2D eigenvalue weighted by Gasteiger charge is -2.24. The molecule has 4 unspecified atom stereocenters. The molecule has 0 radical (unpaired) electrons. The van der Waals surface area contributed by atoms with E-state index in [1.165, 1.54) is 0 Å². The highest BCUT2D eigenvalue weighted by Crippen LogP contribution is 2.01. The zero-order chi connectivity index (χ0) is 24.1. The molecule has 178 valence electrons. The van der Waals surface area contributed by atoms with Crippen molar-refractivity contribution in [2.75, 3.05) is 19.8 Å². The Kier molecular flexibility index (Phi) is 12.8. The van der Waals surface area contributed by atoms with Crippen molar-refractivity contribution in [1.82, 2.24) is 16.0 Å². The van der Waals surface area contributed by atoms with Gasteiger partial charge in [-0.05, 0) is 18.8 Å². The van der Waals surface area contributed by atoms with Crippen LogP contribution in [0.1, 0.15) is 26.7 Å². The zero-order valence-corrected chi connectivity index (χ0v) is 17.6. The number of nitrogens with two attached hydrogens (primary N) is 3. The number of carbonyl (C=O) groups is 4. The maximum atomic E-state index is 12.3. The third-order valence-corrected chi connectivity index (χ3v) is 4.21. The van der Waals surface area contributed by atoms with E-state index >= 15 is 0 Å². The lowest BCUT2D eigenvalue weighted by molar-refractivity contribution is -0.142. The number of aliphatic imine (C=N–C) groups is 1. The Bertz CT molecular complexity index is 653. The van der Waals surface area contributed by atoms with E-state index in [4.69, 9.17) is 17.2 Å². The van der Waals surface area contributed by atoms with Gasteiger partial charge in [-0.1, -0.05) is 13.8 Å². The number of aliphatic hydroxyl groups excluding tert-OH is 2. The first-order valence-corrected chi connectivity index (χ1v) is 9.61. The summed E-state index contributed by atoms with van der Waals surface area (Å²) in [6.45, 7) is 1.90. The third kappa shape index (κ3) is 10.6. The number of hydrogen-bond donors (Lipinski definition) is 9. The van der Waals surface area contributed by atoms with Crippen LogP contribution in [0.15, 0.2) is 4.99 Å². The number of carboxylic acid groups (broad SMARTS) is 1.